The summed E-state index contributed by atoms with van der Waals surface area (Å²) >= 11 is 0. The molecule has 0 aliphatic carbocycles. The van der Waals surface area contributed by atoms with E-state index in [1.807, 2.05) is 18.2 Å². The Hall–Kier alpha value is -3.46. The number of hydrogen-bond acceptors (Lipinski definition) is 7. The van der Waals surface area contributed by atoms with Crippen LogP contribution in [-0.4, -0.2) is 62.5 Å². The van der Waals surface area contributed by atoms with Gasteiger partial charge in [0.25, 0.3) is 0 Å². The molecular formula is C24H27FN4O4. The van der Waals surface area contributed by atoms with Crippen molar-refractivity contribution in [2.45, 2.75) is 32.4 Å². The topological polar surface area (TPSA) is 108 Å². The number of nitrogens with one attached hydrogen (secondary N) is 1. The van der Waals surface area contributed by atoms with E-state index in [0.717, 1.165) is 11.5 Å². The summed E-state index contributed by atoms with van der Waals surface area (Å²) in [7, 11) is 0. The van der Waals surface area contributed by atoms with Crippen LogP contribution >= 0.6 is 0 Å². The third-order valence-corrected chi connectivity index (χ3v) is 5.45. The van der Waals surface area contributed by atoms with Crippen LogP contribution in [-0.2, 0) is 4.74 Å². The molecule has 0 saturated carbocycles. The molecule has 9 heteroatoms. The maximum absolute atomic E-state index is 13.8. The Morgan fingerprint density at radius 1 is 1.21 bits per heavy atom. The van der Waals surface area contributed by atoms with Gasteiger partial charge in [-0.3, -0.25) is 0 Å². The minimum absolute atomic E-state index is 0.127. The fourth-order valence-corrected chi connectivity index (χ4v) is 3.87. The fourth-order valence-electron chi connectivity index (χ4n) is 3.87. The molecule has 33 heavy (non-hydrogen) atoms. The minimum atomic E-state index is -0.623. The predicted molar refractivity (Wildman–Crippen MR) is 122 cm³/mol. The molecule has 2 aromatic carbocycles. The third-order valence-electron chi connectivity index (χ3n) is 5.45. The molecule has 1 fully saturated rings. The largest absolute Gasteiger partial charge is 0.507 e. The van der Waals surface area contributed by atoms with E-state index < -0.39 is 17.5 Å². The quantitative estimate of drug-likeness (QED) is 0.551. The minimum Gasteiger partial charge on any atom is -0.507 e. The van der Waals surface area contributed by atoms with Gasteiger partial charge in [0.15, 0.2) is 5.82 Å². The number of phenols is 1. The number of para-hydroxylation sites is 1. The summed E-state index contributed by atoms with van der Waals surface area (Å²) in [4.78, 5) is 23.2. The molecule has 0 spiro atoms. The Balaban J connectivity index is 1.68. The highest BCUT2D eigenvalue weighted by molar-refractivity contribution is 5.91. The summed E-state index contributed by atoms with van der Waals surface area (Å²) in [5, 5.41) is 24.2. The predicted octanol–water partition coefficient (Wildman–Crippen LogP) is 3.78. The molecule has 1 unspecified atom stereocenters. The lowest BCUT2D eigenvalue weighted by molar-refractivity contribution is 0.0283. The van der Waals surface area contributed by atoms with E-state index in [9.17, 15) is 19.4 Å². The number of hydrogen-bond donors (Lipinski definition) is 3. The number of fused-ring (bicyclic) bond motifs is 1. The number of carbonyl (C=O) groups excluding carboxylic acids is 1. The van der Waals surface area contributed by atoms with Crippen LogP contribution in [0.1, 0.15) is 20.8 Å². The second kappa shape index (κ2) is 8.82. The fraction of sp³-hybridized carbons (Fsp3) is 0.375. The Morgan fingerprint density at radius 2 is 1.97 bits per heavy atom. The second-order valence-corrected chi connectivity index (χ2v) is 9.15. The van der Waals surface area contributed by atoms with Gasteiger partial charge >= 0.3 is 6.09 Å². The molecule has 1 aliphatic heterocycles. The molecule has 2 atom stereocenters. The zero-order chi connectivity index (χ0) is 23.8. The molecule has 8 nitrogen and oxygen atoms in total. The molecule has 174 valence electrons. The summed E-state index contributed by atoms with van der Waals surface area (Å²) in [6.07, 6.45) is -0.442. The highest BCUT2D eigenvalue weighted by Gasteiger charge is 2.37. The molecule has 0 radical (unpaired) electrons. The third kappa shape index (κ3) is 4.98. The van der Waals surface area contributed by atoms with Gasteiger partial charge in [0.2, 0.25) is 0 Å². The van der Waals surface area contributed by atoms with Gasteiger partial charge in [-0.1, -0.05) is 12.1 Å². The number of rotatable bonds is 4. The number of amides is 1. The van der Waals surface area contributed by atoms with E-state index in [0.29, 0.717) is 24.4 Å². The van der Waals surface area contributed by atoms with Crippen molar-refractivity contribution in [2.24, 2.45) is 5.92 Å². The van der Waals surface area contributed by atoms with Crippen LogP contribution in [0.3, 0.4) is 0 Å². The number of aliphatic hydroxyl groups excluding tert-OH is 1. The smallest absolute Gasteiger partial charge is 0.410 e. The molecule has 1 aliphatic rings. The average Bonchev–Trinajstić information content (AvgIpc) is 3.17. The van der Waals surface area contributed by atoms with Crippen LogP contribution in [0, 0.1) is 11.7 Å². The van der Waals surface area contributed by atoms with Crippen molar-refractivity contribution in [3.63, 3.8) is 0 Å². The van der Waals surface area contributed by atoms with Crippen LogP contribution in [0.25, 0.3) is 22.3 Å². The van der Waals surface area contributed by atoms with Crippen molar-refractivity contribution in [1.82, 2.24) is 14.9 Å². The first-order valence-electron chi connectivity index (χ1n) is 10.8. The number of carbonyl (C=O) groups is 1. The number of halogens is 1. The lowest BCUT2D eigenvalue weighted by atomic mass is 10.0. The summed E-state index contributed by atoms with van der Waals surface area (Å²) in [6, 6.07) is 10.6. The van der Waals surface area contributed by atoms with Crippen LogP contribution < -0.4 is 5.32 Å². The number of phenolic OH excluding ortho intramolecular Hbond substituents is 1. The van der Waals surface area contributed by atoms with Gasteiger partial charge in [-0.15, -0.1) is 0 Å². The van der Waals surface area contributed by atoms with Gasteiger partial charge < -0.3 is 25.2 Å². The van der Waals surface area contributed by atoms with E-state index >= 15 is 0 Å². The molecule has 1 amide bonds. The van der Waals surface area contributed by atoms with Crippen molar-refractivity contribution in [3.8, 4) is 17.1 Å². The summed E-state index contributed by atoms with van der Waals surface area (Å²) in [6.45, 7) is 5.93. The van der Waals surface area contributed by atoms with Crippen LogP contribution in [0.4, 0.5) is 15.0 Å². The molecule has 2 heterocycles. The summed E-state index contributed by atoms with van der Waals surface area (Å²) in [5.41, 5.74) is 0.155. The zero-order valence-electron chi connectivity index (χ0n) is 18.7. The van der Waals surface area contributed by atoms with Gasteiger partial charge in [-0.05, 0) is 51.1 Å². The molecule has 3 aromatic rings. The Kier molecular flexibility index (Phi) is 6.07. The van der Waals surface area contributed by atoms with E-state index in [1.54, 1.807) is 31.7 Å². The number of nitrogens with zero attached hydrogens (tertiary/aromatic N) is 3. The van der Waals surface area contributed by atoms with Gasteiger partial charge in [0.1, 0.15) is 23.0 Å². The molecule has 3 N–H and O–H groups in total. The summed E-state index contributed by atoms with van der Waals surface area (Å²) < 4.78 is 19.3. The van der Waals surface area contributed by atoms with Crippen molar-refractivity contribution in [2.75, 3.05) is 25.0 Å². The van der Waals surface area contributed by atoms with Crippen molar-refractivity contribution >= 4 is 22.8 Å². The number of likely N-dealkylation sites (tertiary alicyclic amines) is 1. The highest BCUT2D eigenvalue weighted by Crippen LogP contribution is 2.32. The van der Waals surface area contributed by atoms with Gasteiger partial charge in [0.05, 0.1) is 17.1 Å². The molecule has 1 aromatic heterocycles. The van der Waals surface area contributed by atoms with Crippen LogP contribution in [0.5, 0.6) is 5.75 Å². The van der Waals surface area contributed by atoms with Crippen molar-refractivity contribution in [1.29, 1.82) is 0 Å². The molecular weight excluding hydrogens is 427 g/mol. The van der Waals surface area contributed by atoms with E-state index in [1.165, 1.54) is 12.1 Å². The van der Waals surface area contributed by atoms with E-state index in [2.05, 4.69) is 15.3 Å². The number of anilines is 1. The van der Waals surface area contributed by atoms with E-state index in [-0.39, 0.29) is 35.7 Å². The normalized spacial score (nSPS) is 18.5. The van der Waals surface area contributed by atoms with Crippen LogP contribution in [0.2, 0.25) is 0 Å². The van der Waals surface area contributed by atoms with Crippen molar-refractivity contribution < 1.29 is 24.1 Å². The maximum atomic E-state index is 13.8. The first-order chi connectivity index (χ1) is 15.6. The molecule has 4 rings (SSSR count). The second-order valence-electron chi connectivity index (χ2n) is 9.15. The number of aliphatic hydroxyl groups is 1. The molecule has 1 saturated heterocycles. The SMILES string of the molecule is CC(C)(C)OC(=O)N1CC(Nc2nc(-c3cc(F)ccc3O)nc3ccccc23)[C@H](CO)C1. The first kappa shape index (κ1) is 22.7. The Bertz CT molecular complexity index is 1180. The lowest BCUT2D eigenvalue weighted by Gasteiger charge is -2.24. The van der Waals surface area contributed by atoms with Gasteiger partial charge in [-0.25, -0.2) is 19.2 Å². The van der Waals surface area contributed by atoms with Crippen molar-refractivity contribution in [3.05, 3.63) is 48.3 Å². The monoisotopic (exact) mass is 454 g/mol. The number of aromatic nitrogens is 2. The van der Waals surface area contributed by atoms with E-state index in [4.69, 9.17) is 4.74 Å². The number of benzene rings is 2. The van der Waals surface area contributed by atoms with Crippen LogP contribution in [0.15, 0.2) is 42.5 Å². The maximum Gasteiger partial charge on any atom is 0.410 e. The number of ether oxygens (including phenoxy) is 1. The van der Waals surface area contributed by atoms with Gasteiger partial charge in [0, 0.05) is 31.0 Å². The lowest BCUT2D eigenvalue weighted by Crippen LogP contribution is -2.36. The Morgan fingerprint density at radius 3 is 2.70 bits per heavy atom. The zero-order valence-corrected chi connectivity index (χ0v) is 18.7. The van der Waals surface area contributed by atoms with Gasteiger partial charge in [-0.2, -0.15) is 0 Å². The number of aromatic hydroxyl groups is 1. The first-order valence-corrected chi connectivity index (χ1v) is 10.8. The average molecular weight is 455 g/mol. The molecule has 0 bridgehead atoms. The Labute approximate surface area is 191 Å². The summed E-state index contributed by atoms with van der Waals surface area (Å²) in [5.74, 6) is -0.261. The highest BCUT2D eigenvalue weighted by atomic mass is 19.1. The standard InChI is InChI=1S/C24H27FN4O4/c1-24(2,3)33-23(32)29-11-14(13-30)19(12-29)27-21-16-6-4-5-7-18(16)26-22(28-21)17-10-15(25)8-9-20(17)31/h4-10,14,19,30-31H,11-13H2,1-3H3,(H,26,27,28)/t14-,19?/m0/s1.